The first-order valence-electron chi connectivity index (χ1n) is 7.19. The van der Waals surface area contributed by atoms with Gasteiger partial charge in [-0.05, 0) is 63.0 Å². The zero-order valence-corrected chi connectivity index (χ0v) is 12.4. The van der Waals surface area contributed by atoms with Crippen molar-refractivity contribution < 1.29 is 4.55 Å². The van der Waals surface area contributed by atoms with Gasteiger partial charge >= 0.3 is 0 Å². The lowest BCUT2D eigenvalue weighted by atomic mass is 10.1. The third-order valence-electron chi connectivity index (χ3n) is 4.13. The molecule has 1 fully saturated rings. The first-order valence-corrected chi connectivity index (χ1v) is 8.51. The Labute approximate surface area is 118 Å². The van der Waals surface area contributed by atoms with Crippen LogP contribution in [0.15, 0.2) is 23.1 Å². The maximum atomic E-state index is 12.0. The van der Waals surface area contributed by atoms with Gasteiger partial charge in [-0.2, -0.15) is 0 Å². The normalized spacial score (nSPS) is 23.1. The van der Waals surface area contributed by atoms with Crippen molar-refractivity contribution in [2.24, 2.45) is 0 Å². The molecule has 1 atom stereocenters. The van der Waals surface area contributed by atoms with Crippen LogP contribution in [0.3, 0.4) is 0 Å². The number of aryl methyl sites for hydroxylation is 1. The summed E-state index contributed by atoms with van der Waals surface area (Å²) in [7, 11) is 2.01. The van der Waals surface area contributed by atoms with E-state index in [1.54, 1.807) is 0 Å². The van der Waals surface area contributed by atoms with Gasteiger partial charge < -0.3 is 14.4 Å². The summed E-state index contributed by atoms with van der Waals surface area (Å²) in [6, 6.07) is 6.48. The summed E-state index contributed by atoms with van der Waals surface area (Å²) >= 11 is -0.830. The fourth-order valence-electron chi connectivity index (χ4n) is 3.04. The van der Waals surface area contributed by atoms with Gasteiger partial charge in [-0.25, -0.2) is 0 Å². The summed E-state index contributed by atoms with van der Waals surface area (Å²) in [6.45, 7) is 3.76. The molecular weight excluding hydrogens is 256 g/mol. The molecule has 0 N–H and O–H groups in total. The highest BCUT2D eigenvalue weighted by Gasteiger charge is 2.28. The van der Waals surface area contributed by atoms with Crippen molar-refractivity contribution in [3.8, 4) is 0 Å². The average Bonchev–Trinajstić information content (AvgIpc) is 3.00. The summed E-state index contributed by atoms with van der Waals surface area (Å²) in [4.78, 5) is 5.67. The molecule has 1 saturated heterocycles. The molecule has 2 aliphatic rings. The van der Waals surface area contributed by atoms with Crippen LogP contribution in [0.25, 0.3) is 0 Å². The Balaban J connectivity index is 1.58. The highest BCUT2D eigenvalue weighted by molar-refractivity contribution is 7.92. The largest absolute Gasteiger partial charge is 0.610 e. The standard InChI is InChI=1S/C15H22N2OS/c1-16-12-19(18)15-11-13(6-7-14(15)16)5-4-10-17-8-2-3-9-17/h6-7,11H,2-5,8-10,12H2,1H3. The minimum absolute atomic E-state index is 0.645. The second-order valence-corrected chi connectivity index (χ2v) is 7.02. The van der Waals surface area contributed by atoms with Crippen LogP contribution in [0.2, 0.25) is 0 Å². The highest BCUT2D eigenvalue weighted by atomic mass is 32.2. The van der Waals surface area contributed by atoms with Gasteiger partial charge in [0.15, 0.2) is 10.8 Å². The van der Waals surface area contributed by atoms with E-state index in [4.69, 9.17) is 0 Å². The number of nitrogens with zero attached hydrogens (tertiary/aromatic N) is 2. The van der Waals surface area contributed by atoms with E-state index in [-0.39, 0.29) is 0 Å². The third kappa shape index (κ3) is 2.91. The highest BCUT2D eigenvalue weighted by Crippen LogP contribution is 2.33. The Morgan fingerprint density at radius 1 is 1.26 bits per heavy atom. The smallest absolute Gasteiger partial charge is 0.183 e. The Bertz CT molecular complexity index is 446. The molecule has 0 saturated carbocycles. The van der Waals surface area contributed by atoms with Crippen molar-refractivity contribution in [2.45, 2.75) is 30.6 Å². The van der Waals surface area contributed by atoms with Crippen LogP contribution in [-0.2, 0) is 17.6 Å². The molecule has 1 aromatic rings. The number of rotatable bonds is 4. The van der Waals surface area contributed by atoms with Crippen LogP contribution in [0.4, 0.5) is 5.69 Å². The van der Waals surface area contributed by atoms with Gasteiger partial charge in [0.25, 0.3) is 0 Å². The summed E-state index contributed by atoms with van der Waals surface area (Å²) in [5.41, 5.74) is 2.48. The quantitative estimate of drug-likeness (QED) is 0.791. The van der Waals surface area contributed by atoms with E-state index in [1.165, 1.54) is 44.5 Å². The van der Waals surface area contributed by atoms with E-state index < -0.39 is 11.2 Å². The van der Waals surface area contributed by atoms with E-state index in [9.17, 15) is 4.55 Å². The number of benzene rings is 1. The summed E-state index contributed by atoms with van der Waals surface area (Å²) in [5, 5.41) is 0. The van der Waals surface area contributed by atoms with Crippen molar-refractivity contribution in [1.29, 1.82) is 0 Å². The Morgan fingerprint density at radius 3 is 2.84 bits per heavy atom. The SMILES string of the molecule is CN1C[S+]([O-])c2cc(CCCN3CCCC3)ccc21. The molecule has 19 heavy (non-hydrogen) atoms. The van der Waals surface area contributed by atoms with Crippen LogP contribution in [-0.4, -0.2) is 42.0 Å². The van der Waals surface area contributed by atoms with Gasteiger partial charge in [-0.15, -0.1) is 0 Å². The zero-order chi connectivity index (χ0) is 13.2. The fourth-order valence-corrected chi connectivity index (χ4v) is 4.41. The molecular formula is C15H22N2OS. The van der Waals surface area contributed by atoms with Crippen molar-refractivity contribution in [1.82, 2.24) is 4.90 Å². The van der Waals surface area contributed by atoms with Crippen LogP contribution >= 0.6 is 0 Å². The summed E-state index contributed by atoms with van der Waals surface area (Å²) < 4.78 is 12.0. The molecule has 0 amide bonds. The van der Waals surface area contributed by atoms with Crippen molar-refractivity contribution in [3.63, 3.8) is 0 Å². The average molecular weight is 278 g/mol. The Hall–Kier alpha value is -0.710. The molecule has 104 valence electrons. The van der Waals surface area contributed by atoms with E-state index in [0.29, 0.717) is 5.88 Å². The van der Waals surface area contributed by atoms with Crippen molar-refractivity contribution in [3.05, 3.63) is 23.8 Å². The lowest BCUT2D eigenvalue weighted by Crippen LogP contribution is -2.20. The minimum Gasteiger partial charge on any atom is -0.610 e. The van der Waals surface area contributed by atoms with E-state index in [1.807, 2.05) is 7.05 Å². The maximum absolute atomic E-state index is 12.0. The Morgan fingerprint density at radius 2 is 2.05 bits per heavy atom. The second kappa shape index (κ2) is 5.73. The topological polar surface area (TPSA) is 29.5 Å². The van der Waals surface area contributed by atoms with Crippen LogP contribution in [0.1, 0.15) is 24.8 Å². The number of likely N-dealkylation sites (tertiary alicyclic amines) is 1. The van der Waals surface area contributed by atoms with E-state index >= 15 is 0 Å². The molecule has 2 heterocycles. The van der Waals surface area contributed by atoms with Crippen molar-refractivity contribution in [2.75, 3.05) is 37.5 Å². The van der Waals surface area contributed by atoms with Gasteiger partial charge in [0.2, 0.25) is 0 Å². The van der Waals surface area contributed by atoms with Crippen LogP contribution in [0, 0.1) is 0 Å². The molecule has 4 heteroatoms. The predicted octanol–water partition coefficient (Wildman–Crippen LogP) is 2.23. The van der Waals surface area contributed by atoms with Gasteiger partial charge in [-0.1, -0.05) is 6.07 Å². The van der Waals surface area contributed by atoms with E-state index in [2.05, 4.69) is 28.0 Å². The van der Waals surface area contributed by atoms with Gasteiger partial charge in [0.05, 0.1) is 5.69 Å². The minimum atomic E-state index is -0.830. The van der Waals surface area contributed by atoms with Gasteiger partial charge in [-0.3, -0.25) is 0 Å². The summed E-state index contributed by atoms with van der Waals surface area (Å²) in [6.07, 6.45) is 5.04. The number of hydrogen-bond donors (Lipinski definition) is 0. The molecule has 0 bridgehead atoms. The van der Waals surface area contributed by atoms with Crippen LogP contribution in [0.5, 0.6) is 0 Å². The summed E-state index contributed by atoms with van der Waals surface area (Å²) in [5.74, 6) is 0.645. The molecule has 0 aromatic heterocycles. The molecule has 0 aliphatic carbocycles. The first kappa shape index (κ1) is 13.3. The third-order valence-corrected chi connectivity index (χ3v) is 5.57. The van der Waals surface area contributed by atoms with Gasteiger partial charge in [0.1, 0.15) is 0 Å². The van der Waals surface area contributed by atoms with Crippen LogP contribution < -0.4 is 4.90 Å². The zero-order valence-electron chi connectivity index (χ0n) is 11.6. The molecule has 3 rings (SSSR count). The molecule has 3 nitrogen and oxygen atoms in total. The molecule has 0 spiro atoms. The predicted molar refractivity (Wildman–Crippen MR) is 80.1 cm³/mol. The lowest BCUT2D eigenvalue weighted by Gasteiger charge is -2.14. The lowest BCUT2D eigenvalue weighted by molar-refractivity contribution is 0.334. The molecule has 2 aliphatic heterocycles. The van der Waals surface area contributed by atoms with Crippen molar-refractivity contribution >= 4 is 16.9 Å². The number of fused-ring (bicyclic) bond motifs is 1. The number of anilines is 1. The second-order valence-electron chi connectivity index (χ2n) is 5.63. The first-order chi connectivity index (χ1) is 9.24. The maximum Gasteiger partial charge on any atom is 0.183 e. The fraction of sp³-hybridized carbons (Fsp3) is 0.600. The van der Waals surface area contributed by atoms with E-state index in [0.717, 1.165) is 17.0 Å². The molecule has 0 radical (unpaired) electrons. The Kier molecular flexibility index (Phi) is 4.01. The number of hydrogen-bond acceptors (Lipinski definition) is 3. The molecule has 1 aromatic carbocycles. The molecule has 1 unspecified atom stereocenters. The van der Waals surface area contributed by atoms with Gasteiger partial charge in [0, 0.05) is 18.2 Å². The monoisotopic (exact) mass is 278 g/mol.